The van der Waals surface area contributed by atoms with Gasteiger partial charge in [-0.05, 0) is 58.2 Å². The molecule has 0 heterocycles. The Bertz CT molecular complexity index is 375. The van der Waals surface area contributed by atoms with E-state index in [1.54, 1.807) is 6.08 Å². The van der Waals surface area contributed by atoms with Crippen LogP contribution in [0.25, 0.3) is 0 Å². The van der Waals surface area contributed by atoms with Crippen LogP contribution in [0.4, 0.5) is 0 Å². The molecule has 0 aliphatic carbocycles. The van der Waals surface area contributed by atoms with Crippen molar-refractivity contribution in [3.8, 4) is 0 Å². The molecule has 0 radical (unpaired) electrons. The minimum absolute atomic E-state index is 0.163. The van der Waals surface area contributed by atoms with Crippen molar-refractivity contribution < 1.29 is 14.0 Å². The van der Waals surface area contributed by atoms with E-state index in [9.17, 15) is 4.79 Å². The second kappa shape index (κ2) is 9.02. The molecule has 3 nitrogen and oxygen atoms in total. The van der Waals surface area contributed by atoms with Crippen molar-refractivity contribution >= 4 is 14.3 Å². The Balaban J connectivity index is 3.99. The molecule has 0 unspecified atom stereocenters. The molecular weight excluding hydrogens is 304 g/mol. The predicted octanol–water partition coefficient (Wildman–Crippen LogP) is 5.71. The standard InChI is InChI=1S/C19H38O3Si/c1-10-16(22-17(20)18(2,3)4)14-12-11-13-15-21-23(8,9)19(5,6)7/h10,16H,1,11-15H2,2-9H3/t16-/m0/s1. The Morgan fingerprint density at radius 1 is 1.09 bits per heavy atom. The summed E-state index contributed by atoms with van der Waals surface area (Å²) in [6, 6.07) is 0. The van der Waals surface area contributed by atoms with Crippen LogP contribution in [0.5, 0.6) is 0 Å². The zero-order chi connectivity index (χ0) is 18.3. The van der Waals surface area contributed by atoms with Gasteiger partial charge in [-0.3, -0.25) is 4.79 Å². The molecule has 0 aromatic heterocycles. The van der Waals surface area contributed by atoms with E-state index in [-0.39, 0.29) is 17.1 Å². The van der Waals surface area contributed by atoms with Crippen molar-refractivity contribution in [1.29, 1.82) is 0 Å². The first kappa shape index (κ1) is 22.4. The zero-order valence-electron chi connectivity index (χ0n) is 16.6. The number of ether oxygens (including phenoxy) is 1. The van der Waals surface area contributed by atoms with Crippen LogP contribution in [0, 0.1) is 5.41 Å². The van der Waals surface area contributed by atoms with Gasteiger partial charge in [-0.2, -0.15) is 0 Å². The molecule has 4 heteroatoms. The van der Waals surface area contributed by atoms with Crippen LogP contribution in [-0.4, -0.2) is 27.0 Å². The third-order valence-electron chi connectivity index (χ3n) is 4.54. The van der Waals surface area contributed by atoms with Gasteiger partial charge >= 0.3 is 5.97 Å². The Labute approximate surface area is 145 Å². The molecule has 0 aromatic rings. The van der Waals surface area contributed by atoms with Crippen LogP contribution < -0.4 is 0 Å². The van der Waals surface area contributed by atoms with Crippen molar-refractivity contribution in [2.45, 2.75) is 91.5 Å². The van der Waals surface area contributed by atoms with Gasteiger partial charge in [0.15, 0.2) is 8.32 Å². The summed E-state index contributed by atoms with van der Waals surface area (Å²) in [5, 5.41) is 0.266. The minimum Gasteiger partial charge on any atom is -0.458 e. The number of unbranched alkanes of at least 4 members (excludes halogenated alkanes) is 2. The molecule has 0 aliphatic rings. The molecule has 0 saturated carbocycles. The van der Waals surface area contributed by atoms with Crippen LogP contribution in [0.2, 0.25) is 18.1 Å². The highest BCUT2D eigenvalue weighted by Gasteiger charge is 2.36. The normalized spacial score (nSPS) is 14.4. The highest BCUT2D eigenvalue weighted by Crippen LogP contribution is 2.36. The number of esters is 1. The Kier molecular flexibility index (Phi) is 8.78. The monoisotopic (exact) mass is 342 g/mol. The zero-order valence-corrected chi connectivity index (χ0v) is 17.6. The average molecular weight is 343 g/mol. The first-order valence-electron chi connectivity index (χ1n) is 8.79. The summed E-state index contributed by atoms with van der Waals surface area (Å²) < 4.78 is 11.7. The lowest BCUT2D eigenvalue weighted by Gasteiger charge is -2.36. The van der Waals surface area contributed by atoms with Gasteiger partial charge in [0.05, 0.1) is 5.41 Å². The van der Waals surface area contributed by atoms with Crippen molar-refractivity contribution in [2.75, 3.05) is 6.61 Å². The molecule has 0 rings (SSSR count). The summed E-state index contributed by atoms with van der Waals surface area (Å²) in [6.45, 7) is 21.6. The van der Waals surface area contributed by atoms with E-state index < -0.39 is 13.7 Å². The summed E-state index contributed by atoms with van der Waals surface area (Å²) in [5.74, 6) is -0.163. The first-order valence-corrected chi connectivity index (χ1v) is 11.7. The number of rotatable bonds is 9. The van der Waals surface area contributed by atoms with Gasteiger partial charge in [-0.25, -0.2) is 0 Å². The predicted molar refractivity (Wildman–Crippen MR) is 101 cm³/mol. The van der Waals surface area contributed by atoms with Crippen LogP contribution in [-0.2, 0) is 14.0 Å². The molecule has 0 fully saturated rings. The summed E-state index contributed by atoms with van der Waals surface area (Å²) in [4.78, 5) is 11.9. The molecule has 0 N–H and O–H groups in total. The van der Waals surface area contributed by atoms with Crippen LogP contribution in [0.1, 0.15) is 67.2 Å². The highest BCUT2D eigenvalue weighted by molar-refractivity contribution is 6.74. The molecular formula is C19H38O3Si. The SMILES string of the molecule is C=C[C@@H](CCCCCO[Si](C)(C)C(C)(C)C)OC(=O)C(C)(C)C. The summed E-state index contributed by atoms with van der Waals surface area (Å²) in [6.07, 6.45) is 5.56. The van der Waals surface area contributed by atoms with Crippen LogP contribution >= 0.6 is 0 Å². The van der Waals surface area contributed by atoms with Crippen LogP contribution in [0.3, 0.4) is 0 Å². The maximum absolute atomic E-state index is 11.9. The minimum atomic E-state index is -1.62. The number of hydrogen-bond donors (Lipinski definition) is 0. The molecule has 136 valence electrons. The third kappa shape index (κ3) is 8.71. The molecule has 0 bridgehead atoms. The van der Waals surface area contributed by atoms with Gasteiger partial charge in [-0.1, -0.05) is 39.8 Å². The van der Waals surface area contributed by atoms with Crippen molar-refractivity contribution in [1.82, 2.24) is 0 Å². The van der Waals surface area contributed by atoms with Crippen molar-refractivity contribution in [3.63, 3.8) is 0 Å². The summed E-state index contributed by atoms with van der Waals surface area (Å²) in [5.41, 5.74) is -0.460. The van der Waals surface area contributed by atoms with Gasteiger partial charge in [0.2, 0.25) is 0 Å². The smallest absolute Gasteiger partial charge is 0.311 e. The quantitative estimate of drug-likeness (QED) is 0.233. The lowest BCUT2D eigenvalue weighted by molar-refractivity contribution is -0.156. The van der Waals surface area contributed by atoms with E-state index in [2.05, 4.69) is 40.4 Å². The van der Waals surface area contributed by atoms with Crippen LogP contribution in [0.15, 0.2) is 12.7 Å². The number of carbonyl (C=O) groups is 1. The number of hydrogen-bond acceptors (Lipinski definition) is 3. The second-order valence-electron chi connectivity index (χ2n) is 8.89. The lowest BCUT2D eigenvalue weighted by Crippen LogP contribution is -2.40. The third-order valence-corrected chi connectivity index (χ3v) is 9.07. The van der Waals surface area contributed by atoms with E-state index in [0.717, 1.165) is 32.3 Å². The fourth-order valence-corrected chi connectivity index (χ4v) is 2.80. The fraction of sp³-hybridized carbons (Fsp3) is 0.842. The highest BCUT2D eigenvalue weighted by atomic mass is 28.4. The van der Waals surface area contributed by atoms with E-state index in [1.165, 1.54) is 0 Å². The van der Waals surface area contributed by atoms with E-state index in [1.807, 2.05) is 20.8 Å². The Morgan fingerprint density at radius 3 is 2.09 bits per heavy atom. The van der Waals surface area contributed by atoms with E-state index in [0.29, 0.717) is 0 Å². The molecule has 23 heavy (non-hydrogen) atoms. The Hall–Kier alpha value is -0.613. The summed E-state index contributed by atoms with van der Waals surface area (Å²) >= 11 is 0. The largest absolute Gasteiger partial charge is 0.458 e. The summed E-state index contributed by atoms with van der Waals surface area (Å²) in [7, 11) is -1.62. The number of carbonyl (C=O) groups excluding carboxylic acids is 1. The maximum Gasteiger partial charge on any atom is 0.311 e. The molecule has 0 amide bonds. The van der Waals surface area contributed by atoms with Gasteiger partial charge in [0, 0.05) is 6.61 Å². The molecule has 0 aromatic carbocycles. The first-order chi connectivity index (χ1) is 10.3. The van der Waals surface area contributed by atoms with E-state index in [4.69, 9.17) is 9.16 Å². The van der Waals surface area contributed by atoms with Gasteiger partial charge in [0.1, 0.15) is 6.10 Å². The van der Waals surface area contributed by atoms with Gasteiger partial charge < -0.3 is 9.16 Å². The van der Waals surface area contributed by atoms with E-state index >= 15 is 0 Å². The van der Waals surface area contributed by atoms with Gasteiger partial charge in [-0.15, -0.1) is 0 Å². The fourth-order valence-electron chi connectivity index (χ4n) is 1.71. The molecule has 1 atom stereocenters. The molecule has 0 aliphatic heterocycles. The van der Waals surface area contributed by atoms with Crippen molar-refractivity contribution in [2.24, 2.45) is 5.41 Å². The van der Waals surface area contributed by atoms with Gasteiger partial charge in [0.25, 0.3) is 0 Å². The molecule has 0 spiro atoms. The average Bonchev–Trinajstić information content (AvgIpc) is 2.38. The van der Waals surface area contributed by atoms with Crippen molar-refractivity contribution in [3.05, 3.63) is 12.7 Å². The Morgan fingerprint density at radius 2 is 1.65 bits per heavy atom. The maximum atomic E-state index is 11.9. The topological polar surface area (TPSA) is 35.5 Å². The lowest BCUT2D eigenvalue weighted by atomic mass is 9.97. The molecule has 0 saturated heterocycles. The second-order valence-corrected chi connectivity index (χ2v) is 13.7.